The number of amides is 1. The predicted molar refractivity (Wildman–Crippen MR) is 131 cm³/mol. The van der Waals surface area contributed by atoms with E-state index in [1.165, 1.54) is 18.4 Å². The largest absolute Gasteiger partial charge is 0.504 e. The van der Waals surface area contributed by atoms with E-state index in [1.807, 2.05) is 22.4 Å². The molecule has 1 saturated heterocycles. The van der Waals surface area contributed by atoms with Crippen molar-refractivity contribution in [3.63, 3.8) is 0 Å². The van der Waals surface area contributed by atoms with Gasteiger partial charge in [-0.2, -0.15) is 0 Å². The second-order valence-electron chi connectivity index (χ2n) is 11.1. The minimum Gasteiger partial charge on any atom is -0.504 e. The first kappa shape index (κ1) is 21.2. The molecular weight excluding hydrogens is 448 g/mol. The van der Waals surface area contributed by atoms with E-state index in [1.54, 1.807) is 24.3 Å². The predicted octanol–water partition coefficient (Wildman–Crippen LogP) is 3.75. The highest BCUT2D eigenvalue weighted by molar-refractivity contribution is 7.10. The minimum absolute atomic E-state index is 0.00382. The molecule has 1 aromatic carbocycles. The normalized spacial score (nSPS) is 35.6. The third kappa shape index (κ3) is 2.56. The van der Waals surface area contributed by atoms with Crippen LogP contribution in [0.25, 0.3) is 0 Å². The van der Waals surface area contributed by atoms with Crippen molar-refractivity contribution in [2.24, 2.45) is 5.92 Å². The number of likely N-dealkylation sites (tertiary alicyclic amines) is 1. The number of aromatic hydroxyl groups is 1. The number of phenols is 1. The quantitative estimate of drug-likeness (QED) is 0.697. The lowest BCUT2D eigenvalue weighted by Gasteiger charge is -2.64. The third-order valence-electron chi connectivity index (χ3n) is 9.49. The van der Waals surface area contributed by atoms with Crippen molar-refractivity contribution in [2.45, 2.75) is 81.6 Å². The lowest BCUT2D eigenvalue weighted by atomic mass is 9.48. The molecular formula is C27H32N2O4S. The SMILES string of the molecule is CC(=O)N(c1ccsc1C)[C@@H]1CC[C@@]2(O)[C@H]3Cc4ccc(O)c5c4[C@@]2(CCN3CC2CC2)[C@H]1O5. The summed E-state index contributed by atoms with van der Waals surface area (Å²) in [6.07, 6.45) is 5.08. The van der Waals surface area contributed by atoms with Crippen LogP contribution in [-0.2, 0) is 16.6 Å². The number of thiophene rings is 1. The van der Waals surface area contributed by atoms with Gasteiger partial charge >= 0.3 is 0 Å². The van der Waals surface area contributed by atoms with E-state index in [0.29, 0.717) is 18.6 Å². The van der Waals surface area contributed by atoms with Crippen LogP contribution in [0.4, 0.5) is 5.69 Å². The number of phenolic OH excluding ortho intramolecular Hbond substituents is 1. The number of hydrogen-bond acceptors (Lipinski definition) is 6. The molecule has 5 aliphatic rings. The van der Waals surface area contributed by atoms with Crippen molar-refractivity contribution in [1.82, 2.24) is 4.90 Å². The Labute approximate surface area is 204 Å². The average Bonchev–Trinajstić information content (AvgIpc) is 3.40. The maximum atomic E-state index is 13.1. The number of nitrogens with zero attached hydrogens (tertiary/aromatic N) is 2. The number of aryl methyl sites for hydroxylation is 1. The van der Waals surface area contributed by atoms with Gasteiger partial charge in [-0.3, -0.25) is 9.69 Å². The van der Waals surface area contributed by atoms with Crippen LogP contribution in [0.3, 0.4) is 0 Å². The van der Waals surface area contributed by atoms with Gasteiger partial charge in [0.15, 0.2) is 11.5 Å². The number of piperidine rings is 1. The first-order valence-electron chi connectivity index (χ1n) is 12.7. The molecule has 2 saturated carbocycles. The molecule has 2 aliphatic heterocycles. The number of ether oxygens (including phenoxy) is 1. The summed E-state index contributed by atoms with van der Waals surface area (Å²) in [6.45, 7) is 5.66. The molecule has 2 aromatic rings. The standard InChI is InChI=1S/C27H32N2O4S/c1-15-19(8-12-34-15)29(16(2)30)20-7-9-27(32)22-13-18-5-6-21(31)24-23(18)26(27,25(20)33-24)10-11-28(22)14-17-3-4-17/h5-6,8,12,17,20,22,25,31-32H,3-4,7,9-11,13-14H2,1-2H3/t20-,22-,25+,26+,27-/m1/s1. The van der Waals surface area contributed by atoms with E-state index < -0.39 is 11.0 Å². The first-order valence-corrected chi connectivity index (χ1v) is 13.6. The van der Waals surface area contributed by atoms with E-state index in [9.17, 15) is 15.0 Å². The Morgan fingerprint density at radius 2 is 2.09 bits per heavy atom. The van der Waals surface area contributed by atoms with Crippen molar-refractivity contribution in [1.29, 1.82) is 0 Å². The first-order chi connectivity index (χ1) is 16.3. The number of benzene rings is 1. The number of carbonyl (C=O) groups is 1. The molecule has 34 heavy (non-hydrogen) atoms. The van der Waals surface area contributed by atoms with Gasteiger partial charge in [0.05, 0.1) is 22.7 Å². The second-order valence-corrected chi connectivity index (χ2v) is 12.3. The smallest absolute Gasteiger partial charge is 0.224 e. The molecule has 2 N–H and O–H groups in total. The number of rotatable bonds is 4. The molecule has 6 nitrogen and oxygen atoms in total. The Balaban J connectivity index is 1.39. The van der Waals surface area contributed by atoms with Crippen LogP contribution in [0.2, 0.25) is 0 Å². The second kappa shape index (κ2) is 6.99. The van der Waals surface area contributed by atoms with Crippen LogP contribution < -0.4 is 9.64 Å². The lowest BCUT2D eigenvalue weighted by molar-refractivity contribution is -0.190. The molecule has 1 aromatic heterocycles. The summed E-state index contributed by atoms with van der Waals surface area (Å²) in [4.78, 5) is 18.6. The minimum atomic E-state index is -0.931. The fourth-order valence-electron chi connectivity index (χ4n) is 7.93. The molecule has 0 radical (unpaired) electrons. The number of aliphatic hydroxyl groups is 1. The van der Waals surface area contributed by atoms with Crippen LogP contribution >= 0.6 is 11.3 Å². The monoisotopic (exact) mass is 480 g/mol. The zero-order valence-corrected chi connectivity index (χ0v) is 20.6. The lowest BCUT2D eigenvalue weighted by Crippen LogP contribution is -2.78. The van der Waals surface area contributed by atoms with Crippen molar-refractivity contribution in [3.8, 4) is 11.5 Å². The Hall–Kier alpha value is -2.09. The highest BCUT2D eigenvalue weighted by atomic mass is 32.1. The third-order valence-corrected chi connectivity index (χ3v) is 10.3. The Morgan fingerprint density at radius 3 is 2.79 bits per heavy atom. The summed E-state index contributed by atoms with van der Waals surface area (Å²) < 4.78 is 6.67. The molecule has 3 heterocycles. The van der Waals surface area contributed by atoms with E-state index in [-0.39, 0.29) is 29.8 Å². The van der Waals surface area contributed by atoms with Crippen LogP contribution in [0, 0.1) is 12.8 Å². The maximum absolute atomic E-state index is 13.1. The van der Waals surface area contributed by atoms with Gasteiger partial charge < -0.3 is 19.8 Å². The fraction of sp³-hybridized carbons (Fsp3) is 0.593. The van der Waals surface area contributed by atoms with E-state index in [4.69, 9.17) is 4.74 Å². The fourth-order valence-corrected chi connectivity index (χ4v) is 8.62. The topological polar surface area (TPSA) is 73.2 Å². The van der Waals surface area contributed by atoms with Crippen LogP contribution in [-0.4, -0.2) is 57.9 Å². The Morgan fingerprint density at radius 1 is 1.26 bits per heavy atom. The van der Waals surface area contributed by atoms with Gasteiger partial charge in [-0.05, 0) is 81.0 Å². The van der Waals surface area contributed by atoms with Crippen LogP contribution in [0.1, 0.15) is 55.0 Å². The van der Waals surface area contributed by atoms with Gasteiger partial charge in [-0.15, -0.1) is 11.3 Å². The molecule has 3 aliphatic carbocycles. The number of anilines is 1. The van der Waals surface area contributed by atoms with E-state index in [2.05, 4.69) is 11.8 Å². The van der Waals surface area contributed by atoms with Gasteiger partial charge in [-0.1, -0.05) is 6.07 Å². The molecule has 1 spiro atoms. The zero-order chi connectivity index (χ0) is 23.4. The van der Waals surface area contributed by atoms with E-state index >= 15 is 0 Å². The van der Waals surface area contributed by atoms with Crippen LogP contribution in [0.5, 0.6) is 11.5 Å². The molecule has 2 bridgehead atoms. The average molecular weight is 481 g/mol. The van der Waals surface area contributed by atoms with Gasteiger partial charge in [0.1, 0.15) is 6.10 Å². The van der Waals surface area contributed by atoms with Gasteiger partial charge in [0.25, 0.3) is 0 Å². The number of hydrogen-bond donors (Lipinski definition) is 2. The van der Waals surface area contributed by atoms with Crippen molar-refractivity contribution in [3.05, 3.63) is 39.6 Å². The molecule has 7 rings (SSSR count). The molecule has 0 unspecified atom stereocenters. The summed E-state index contributed by atoms with van der Waals surface area (Å²) in [5, 5.41) is 25.5. The van der Waals surface area contributed by atoms with Gasteiger partial charge in [0.2, 0.25) is 5.91 Å². The zero-order valence-electron chi connectivity index (χ0n) is 19.8. The summed E-state index contributed by atoms with van der Waals surface area (Å²) in [6, 6.07) is 5.65. The summed E-state index contributed by atoms with van der Waals surface area (Å²) in [7, 11) is 0. The van der Waals surface area contributed by atoms with E-state index in [0.717, 1.165) is 48.0 Å². The van der Waals surface area contributed by atoms with Crippen LogP contribution in [0.15, 0.2) is 23.6 Å². The van der Waals surface area contributed by atoms with Gasteiger partial charge in [-0.25, -0.2) is 0 Å². The molecule has 3 fully saturated rings. The number of carbonyl (C=O) groups excluding carboxylic acids is 1. The highest BCUT2D eigenvalue weighted by Gasteiger charge is 2.73. The molecule has 180 valence electrons. The Bertz CT molecular complexity index is 1190. The highest BCUT2D eigenvalue weighted by Crippen LogP contribution is 2.66. The Kier molecular flexibility index (Phi) is 4.36. The maximum Gasteiger partial charge on any atom is 0.224 e. The van der Waals surface area contributed by atoms with Crippen molar-refractivity contribution >= 4 is 22.9 Å². The van der Waals surface area contributed by atoms with Crippen molar-refractivity contribution < 1.29 is 19.7 Å². The summed E-state index contributed by atoms with van der Waals surface area (Å²) in [5.41, 5.74) is 1.59. The van der Waals surface area contributed by atoms with Crippen molar-refractivity contribution in [2.75, 3.05) is 18.0 Å². The molecule has 5 atom stereocenters. The molecule has 1 amide bonds. The molecule has 7 heteroatoms. The summed E-state index contributed by atoms with van der Waals surface area (Å²) in [5.74, 6) is 1.43. The van der Waals surface area contributed by atoms with Gasteiger partial charge in [0, 0.05) is 30.0 Å². The summed E-state index contributed by atoms with van der Waals surface area (Å²) >= 11 is 1.64.